The fourth-order valence-corrected chi connectivity index (χ4v) is 1.58. The summed E-state index contributed by atoms with van der Waals surface area (Å²) in [6.07, 6.45) is 0. The zero-order valence-electron chi connectivity index (χ0n) is 7.88. The standard InChI is InChI=1S/C9H6F3N3S/c10-5-1-7(11)9(12)8(2-5)13-3-6-4-16-15-14-6/h1-2,4,13H,3H2. The van der Waals surface area contributed by atoms with Gasteiger partial charge in [-0.3, -0.25) is 0 Å². The first kappa shape index (κ1) is 10.9. The molecule has 0 saturated heterocycles. The van der Waals surface area contributed by atoms with Gasteiger partial charge in [-0.05, 0) is 11.5 Å². The summed E-state index contributed by atoms with van der Waals surface area (Å²) in [7, 11) is 0. The first-order valence-corrected chi connectivity index (χ1v) is 5.15. The molecule has 2 rings (SSSR count). The van der Waals surface area contributed by atoms with Crippen LogP contribution in [-0.2, 0) is 6.54 Å². The second-order valence-corrected chi connectivity index (χ2v) is 3.61. The van der Waals surface area contributed by atoms with Crippen molar-refractivity contribution >= 4 is 17.2 Å². The van der Waals surface area contributed by atoms with Gasteiger partial charge in [-0.25, -0.2) is 13.2 Å². The highest BCUT2D eigenvalue weighted by Gasteiger charge is 2.10. The van der Waals surface area contributed by atoms with Gasteiger partial charge >= 0.3 is 0 Å². The molecule has 1 heterocycles. The number of anilines is 1. The number of nitrogens with one attached hydrogen (secondary N) is 1. The SMILES string of the molecule is Fc1cc(F)c(F)c(NCc2csnn2)c1. The summed E-state index contributed by atoms with van der Waals surface area (Å²) < 4.78 is 42.4. The van der Waals surface area contributed by atoms with Crippen molar-refractivity contribution in [1.29, 1.82) is 0 Å². The molecule has 0 amide bonds. The van der Waals surface area contributed by atoms with Crippen molar-refractivity contribution in [3.8, 4) is 0 Å². The number of aromatic nitrogens is 2. The fraction of sp³-hybridized carbons (Fsp3) is 0.111. The smallest absolute Gasteiger partial charge is 0.182 e. The van der Waals surface area contributed by atoms with Gasteiger partial charge in [-0.2, -0.15) is 0 Å². The number of rotatable bonds is 3. The third kappa shape index (κ3) is 2.30. The van der Waals surface area contributed by atoms with E-state index in [-0.39, 0.29) is 12.2 Å². The van der Waals surface area contributed by atoms with Crippen LogP contribution in [0.4, 0.5) is 18.9 Å². The molecule has 0 radical (unpaired) electrons. The Labute approximate surface area is 93.1 Å². The van der Waals surface area contributed by atoms with Crippen LogP contribution in [0, 0.1) is 17.5 Å². The summed E-state index contributed by atoms with van der Waals surface area (Å²) in [5, 5.41) is 7.90. The molecule has 7 heteroatoms. The van der Waals surface area contributed by atoms with E-state index in [4.69, 9.17) is 0 Å². The van der Waals surface area contributed by atoms with Crippen molar-refractivity contribution in [3.63, 3.8) is 0 Å². The maximum atomic E-state index is 13.2. The summed E-state index contributed by atoms with van der Waals surface area (Å²) in [5.74, 6) is -3.17. The van der Waals surface area contributed by atoms with Crippen LogP contribution in [0.2, 0.25) is 0 Å². The highest BCUT2D eigenvalue weighted by Crippen LogP contribution is 2.19. The van der Waals surface area contributed by atoms with Crippen molar-refractivity contribution in [2.24, 2.45) is 0 Å². The first-order chi connectivity index (χ1) is 7.66. The number of hydrogen-bond donors (Lipinski definition) is 1. The molecule has 0 aliphatic heterocycles. The number of hydrogen-bond acceptors (Lipinski definition) is 4. The van der Waals surface area contributed by atoms with Crippen LogP contribution < -0.4 is 5.32 Å². The molecular formula is C9H6F3N3S. The van der Waals surface area contributed by atoms with Crippen LogP contribution in [0.15, 0.2) is 17.5 Å². The zero-order valence-corrected chi connectivity index (χ0v) is 8.69. The Balaban J connectivity index is 2.15. The quantitative estimate of drug-likeness (QED) is 0.844. The number of benzene rings is 1. The van der Waals surface area contributed by atoms with E-state index >= 15 is 0 Å². The maximum absolute atomic E-state index is 13.2. The highest BCUT2D eigenvalue weighted by molar-refractivity contribution is 7.03. The normalized spacial score (nSPS) is 10.4. The van der Waals surface area contributed by atoms with Crippen LogP contribution in [0.25, 0.3) is 0 Å². The predicted molar refractivity (Wildman–Crippen MR) is 53.6 cm³/mol. The molecule has 1 N–H and O–H groups in total. The lowest BCUT2D eigenvalue weighted by Gasteiger charge is -2.06. The Kier molecular flexibility index (Phi) is 3.04. The summed E-state index contributed by atoms with van der Waals surface area (Å²) in [6, 6.07) is 1.38. The Hall–Kier alpha value is -1.63. The Morgan fingerprint density at radius 2 is 2.06 bits per heavy atom. The molecule has 0 bridgehead atoms. The van der Waals surface area contributed by atoms with Gasteiger partial charge in [0.2, 0.25) is 0 Å². The molecule has 16 heavy (non-hydrogen) atoms. The summed E-state index contributed by atoms with van der Waals surface area (Å²) in [6.45, 7) is 0.163. The van der Waals surface area contributed by atoms with Crippen LogP contribution in [-0.4, -0.2) is 9.59 Å². The van der Waals surface area contributed by atoms with Gasteiger partial charge in [-0.15, -0.1) is 5.10 Å². The molecule has 2 aromatic rings. The van der Waals surface area contributed by atoms with E-state index in [1.54, 1.807) is 5.38 Å². The molecule has 1 aromatic carbocycles. The molecule has 84 valence electrons. The lowest BCUT2D eigenvalue weighted by molar-refractivity contribution is 0.497. The first-order valence-electron chi connectivity index (χ1n) is 4.31. The molecule has 0 fully saturated rings. The topological polar surface area (TPSA) is 37.8 Å². The summed E-state index contributed by atoms with van der Waals surface area (Å²) in [4.78, 5) is 0. The third-order valence-corrected chi connectivity index (χ3v) is 2.41. The van der Waals surface area contributed by atoms with Gasteiger partial charge in [0, 0.05) is 17.5 Å². The molecule has 0 aliphatic carbocycles. The van der Waals surface area contributed by atoms with Gasteiger partial charge in [0.05, 0.1) is 17.9 Å². The van der Waals surface area contributed by atoms with Gasteiger partial charge < -0.3 is 5.32 Å². The van der Waals surface area contributed by atoms with E-state index in [1.807, 2.05) is 0 Å². The average molecular weight is 245 g/mol. The van der Waals surface area contributed by atoms with Crippen molar-refractivity contribution in [2.75, 3.05) is 5.32 Å². The van der Waals surface area contributed by atoms with Crippen LogP contribution in [0.5, 0.6) is 0 Å². The molecule has 0 saturated carbocycles. The largest absolute Gasteiger partial charge is 0.377 e. The lowest BCUT2D eigenvalue weighted by Crippen LogP contribution is -2.04. The van der Waals surface area contributed by atoms with Gasteiger partial charge in [-0.1, -0.05) is 4.49 Å². The van der Waals surface area contributed by atoms with Crippen LogP contribution in [0.1, 0.15) is 5.69 Å². The van der Waals surface area contributed by atoms with Crippen molar-refractivity contribution in [1.82, 2.24) is 9.59 Å². The summed E-state index contributed by atoms with van der Waals surface area (Å²) in [5.41, 5.74) is 0.347. The fourth-order valence-electron chi connectivity index (χ4n) is 1.13. The highest BCUT2D eigenvalue weighted by atomic mass is 32.1. The van der Waals surface area contributed by atoms with Gasteiger partial charge in [0.25, 0.3) is 0 Å². The second kappa shape index (κ2) is 4.48. The van der Waals surface area contributed by atoms with Crippen LogP contribution in [0.3, 0.4) is 0 Å². The Morgan fingerprint density at radius 1 is 1.25 bits per heavy atom. The zero-order chi connectivity index (χ0) is 11.5. The average Bonchev–Trinajstić information content (AvgIpc) is 2.74. The van der Waals surface area contributed by atoms with Gasteiger partial charge in [0.15, 0.2) is 11.6 Å². The minimum Gasteiger partial charge on any atom is -0.377 e. The van der Waals surface area contributed by atoms with Crippen molar-refractivity contribution in [3.05, 3.63) is 40.7 Å². The molecule has 1 aromatic heterocycles. The minimum atomic E-state index is -1.22. The molecule has 0 atom stereocenters. The van der Waals surface area contributed by atoms with Crippen molar-refractivity contribution < 1.29 is 13.2 Å². The number of halogens is 3. The van der Waals surface area contributed by atoms with E-state index < -0.39 is 17.5 Å². The van der Waals surface area contributed by atoms with E-state index in [9.17, 15) is 13.2 Å². The van der Waals surface area contributed by atoms with Crippen molar-refractivity contribution in [2.45, 2.75) is 6.54 Å². The lowest BCUT2D eigenvalue weighted by atomic mass is 10.2. The maximum Gasteiger partial charge on any atom is 0.182 e. The molecule has 0 aliphatic rings. The third-order valence-electron chi connectivity index (χ3n) is 1.86. The van der Waals surface area contributed by atoms with Crippen LogP contribution >= 0.6 is 11.5 Å². The van der Waals surface area contributed by atoms with E-state index in [0.29, 0.717) is 11.8 Å². The number of nitrogens with zero attached hydrogens (tertiary/aromatic N) is 2. The predicted octanol–water partition coefficient (Wildman–Crippen LogP) is 2.57. The Morgan fingerprint density at radius 3 is 2.75 bits per heavy atom. The molecule has 0 unspecified atom stereocenters. The summed E-state index contributed by atoms with van der Waals surface area (Å²) >= 11 is 1.14. The van der Waals surface area contributed by atoms with E-state index in [1.165, 1.54) is 0 Å². The van der Waals surface area contributed by atoms with E-state index in [0.717, 1.165) is 17.6 Å². The van der Waals surface area contributed by atoms with E-state index in [2.05, 4.69) is 14.9 Å². The molecule has 3 nitrogen and oxygen atoms in total. The monoisotopic (exact) mass is 245 g/mol. The minimum absolute atomic E-state index is 0.163. The Bertz CT molecular complexity index is 487. The second-order valence-electron chi connectivity index (χ2n) is 3.00. The molecule has 0 spiro atoms. The molecular weight excluding hydrogens is 239 g/mol. The van der Waals surface area contributed by atoms with Gasteiger partial charge in [0.1, 0.15) is 5.82 Å².